The lowest BCUT2D eigenvalue weighted by atomic mass is 10.2. The van der Waals surface area contributed by atoms with Gasteiger partial charge in [-0.05, 0) is 42.5 Å². The Hall–Kier alpha value is -2.12. The molecule has 0 aliphatic carbocycles. The van der Waals surface area contributed by atoms with Crippen LogP contribution in [0.25, 0.3) is 10.9 Å². The maximum atomic E-state index is 12.7. The van der Waals surface area contributed by atoms with E-state index in [9.17, 15) is 8.42 Å². The monoisotopic (exact) mass is 392 g/mol. The van der Waals surface area contributed by atoms with Gasteiger partial charge in [-0.2, -0.15) is 0 Å². The lowest BCUT2D eigenvalue weighted by Gasteiger charge is -2.13. The van der Waals surface area contributed by atoms with Crippen LogP contribution < -0.4 is 9.46 Å². The number of rotatable bonds is 4. The Balaban J connectivity index is 2.09. The van der Waals surface area contributed by atoms with Crippen LogP contribution in [0.1, 0.15) is 0 Å². The summed E-state index contributed by atoms with van der Waals surface area (Å²) in [6.45, 7) is 0. The highest BCUT2D eigenvalue weighted by atomic mass is 79.9. The molecule has 1 heterocycles. The number of ether oxygens (including phenoxy) is 1. The van der Waals surface area contributed by atoms with E-state index in [0.717, 1.165) is 5.39 Å². The zero-order chi connectivity index (χ0) is 16.4. The largest absolute Gasteiger partial charge is 0.495 e. The first-order valence-corrected chi connectivity index (χ1v) is 8.99. The van der Waals surface area contributed by atoms with Gasteiger partial charge in [-0.25, -0.2) is 8.42 Å². The quantitative estimate of drug-likeness (QED) is 0.732. The summed E-state index contributed by atoms with van der Waals surface area (Å²) >= 11 is 3.29. The van der Waals surface area contributed by atoms with Crippen LogP contribution in [0.3, 0.4) is 0 Å². The summed E-state index contributed by atoms with van der Waals surface area (Å²) < 4.78 is 33.9. The first-order valence-electron chi connectivity index (χ1n) is 6.71. The summed E-state index contributed by atoms with van der Waals surface area (Å²) in [5.41, 5.74) is 1.19. The molecule has 0 amide bonds. The molecular formula is C16H13BrN2O3S. The highest BCUT2D eigenvalue weighted by molar-refractivity contribution is 9.10. The molecule has 0 unspecified atom stereocenters. The molecule has 1 aromatic heterocycles. The van der Waals surface area contributed by atoms with Crippen LogP contribution >= 0.6 is 15.9 Å². The first kappa shape index (κ1) is 15.8. The molecule has 118 valence electrons. The van der Waals surface area contributed by atoms with E-state index < -0.39 is 10.0 Å². The Morgan fingerprint density at radius 2 is 1.96 bits per heavy atom. The van der Waals surface area contributed by atoms with Crippen LogP contribution in [-0.2, 0) is 10.0 Å². The maximum Gasteiger partial charge on any atom is 0.265 e. The molecule has 0 aliphatic heterocycles. The van der Waals surface area contributed by atoms with Gasteiger partial charge in [0.1, 0.15) is 10.6 Å². The summed E-state index contributed by atoms with van der Waals surface area (Å²) in [5, 5.41) is 0.729. The second-order valence-corrected chi connectivity index (χ2v) is 7.34. The van der Waals surface area contributed by atoms with Crippen LogP contribution in [0.15, 0.2) is 64.1 Å². The van der Waals surface area contributed by atoms with Gasteiger partial charge in [-0.15, -0.1) is 0 Å². The number of sulfonamides is 1. The number of aromatic nitrogens is 1. The number of nitrogens with zero attached hydrogens (tertiary/aromatic N) is 1. The minimum atomic E-state index is -3.80. The number of methoxy groups -OCH3 is 1. The molecule has 3 aromatic rings. The van der Waals surface area contributed by atoms with Crippen LogP contribution in [-0.4, -0.2) is 20.5 Å². The standard InChI is InChI=1S/C16H13BrN2O3S/c1-22-15-8-7-11(17)10-16(15)23(20,21)19-14-6-2-5-13-12(14)4-3-9-18-13/h2-10,19H,1H3. The van der Waals surface area contributed by atoms with Gasteiger partial charge in [-0.3, -0.25) is 9.71 Å². The van der Waals surface area contributed by atoms with Crippen molar-refractivity contribution in [3.8, 4) is 5.75 Å². The Bertz CT molecular complexity index is 969. The fraction of sp³-hybridized carbons (Fsp3) is 0.0625. The van der Waals surface area contributed by atoms with Crippen molar-refractivity contribution in [1.29, 1.82) is 0 Å². The predicted octanol–water partition coefficient (Wildman–Crippen LogP) is 3.81. The molecule has 0 bridgehead atoms. The van der Waals surface area contributed by atoms with Crippen LogP contribution in [0.4, 0.5) is 5.69 Å². The molecule has 0 saturated heterocycles. The van der Waals surface area contributed by atoms with E-state index in [-0.39, 0.29) is 10.6 Å². The number of hydrogen-bond donors (Lipinski definition) is 1. The predicted molar refractivity (Wildman–Crippen MR) is 93.2 cm³/mol. The second-order valence-electron chi connectivity index (χ2n) is 4.78. The molecule has 23 heavy (non-hydrogen) atoms. The summed E-state index contributed by atoms with van der Waals surface area (Å²) in [5.74, 6) is 0.277. The molecular weight excluding hydrogens is 380 g/mol. The maximum absolute atomic E-state index is 12.7. The number of fused-ring (bicyclic) bond motifs is 1. The van der Waals surface area contributed by atoms with E-state index in [1.165, 1.54) is 13.2 Å². The van der Waals surface area contributed by atoms with Crippen molar-refractivity contribution in [2.24, 2.45) is 0 Å². The van der Waals surface area contributed by atoms with E-state index in [1.54, 1.807) is 36.5 Å². The van der Waals surface area contributed by atoms with E-state index in [1.807, 2.05) is 12.1 Å². The molecule has 0 aliphatic rings. The van der Waals surface area contributed by atoms with Gasteiger partial charge in [0.05, 0.1) is 18.3 Å². The van der Waals surface area contributed by atoms with Gasteiger partial charge in [-0.1, -0.05) is 22.0 Å². The third-order valence-corrected chi connectivity index (χ3v) is 5.19. The zero-order valence-corrected chi connectivity index (χ0v) is 14.6. The van der Waals surface area contributed by atoms with Crippen molar-refractivity contribution < 1.29 is 13.2 Å². The normalized spacial score (nSPS) is 11.4. The molecule has 2 aromatic carbocycles. The van der Waals surface area contributed by atoms with Crippen molar-refractivity contribution in [1.82, 2.24) is 4.98 Å². The number of benzene rings is 2. The van der Waals surface area contributed by atoms with E-state index in [2.05, 4.69) is 25.6 Å². The second kappa shape index (κ2) is 6.17. The lowest BCUT2D eigenvalue weighted by molar-refractivity contribution is 0.403. The minimum absolute atomic E-state index is 0.0651. The number of pyridine rings is 1. The minimum Gasteiger partial charge on any atom is -0.495 e. The average molecular weight is 393 g/mol. The van der Waals surface area contributed by atoms with Crippen LogP contribution in [0.5, 0.6) is 5.75 Å². The number of hydrogen-bond acceptors (Lipinski definition) is 4. The van der Waals surface area contributed by atoms with Crippen molar-refractivity contribution >= 4 is 42.5 Å². The highest BCUT2D eigenvalue weighted by Gasteiger charge is 2.21. The fourth-order valence-corrected chi connectivity index (χ4v) is 4.04. The lowest BCUT2D eigenvalue weighted by Crippen LogP contribution is -2.14. The molecule has 0 spiro atoms. The van der Waals surface area contributed by atoms with Gasteiger partial charge < -0.3 is 4.74 Å². The van der Waals surface area contributed by atoms with E-state index in [4.69, 9.17) is 4.74 Å². The Morgan fingerprint density at radius 3 is 2.74 bits per heavy atom. The third kappa shape index (κ3) is 3.16. The van der Waals surface area contributed by atoms with Crippen molar-refractivity contribution in [3.63, 3.8) is 0 Å². The fourth-order valence-electron chi connectivity index (χ4n) is 2.25. The molecule has 0 saturated carbocycles. The Labute approximate surface area is 142 Å². The topological polar surface area (TPSA) is 68.3 Å². The number of nitrogens with one attached hydrogen (secondary N) is 1. The molecule has 7 heteroatoms. The zero-order valence-electron chi connectivity index (χ0n) is 12.2. The third-order valence-electron chi connectivity index (χ3n) is 3.31. The van der Waals surface area contributed by atoms with Crippen molar-refractivity contribution in [2.45, 2.75) is 4.90 Å². The Kier molecular flexibility index (Phi) is 4.23. The van der Waals surface area contributed by atoms with E-state index in [0.29, 0.717) is 15.7 Å². The van der Waals surface area contributed by atoms with Gasteiger partial charge in [0.15, 0.2) is 0 Å². The van der Waals surface area contributed by atoms with Gasteiger partial charge in [0, 0.05) is 16.1 Å². The van der Waals surface area contributed by atoms with Gasteiger partial charge >= 0.3 is 0 Å². The molecule has 3 rings (SSSR count). The van der Waals surface area contributed by atoms with Crippen molar-refractivity contribution in [3.05, 3.63) is 59.2 Å². The molecule has 1 N–H and O–H groups in total. The van der Waals surface area contributed by atoms with Crippen molar-refractivity contribution in [2.75, 3.05) is 11.8 Å². The van der Waals surface area contributed by atoms with Crippen LogP contribution in [0.2, 0.25) is 0 Å². The van der Waals surface area contributed by atoms with Gasteiger partial charge in [0.25, 0.3) is 10.0 Å². The summed E-state index contributed by atoms with van der Waals surface area (Å²) in [6, 6.07) is 13.7. The number of halogens is 1. The van der Waals surface area contributed by atoms with Gasteiger partial charge in [0.2, 0.25) is 0 Å². The Morgan fingerprint density at radius 1 is 1.13 bits per heavy atom. The SMILES string of the molecule is COc1ccc(Br)cc1S(=O)(=O)Nc1cccc2ncccc12. The van der Waals surface area contributed by atoms with Crippen LogP contribution in [0, 0.1) is 0 Å². The molecule has 0 atom stereocenters. The molecule has 5 nitrogen and oxygen atoms in total. The summed E-state index contributed by atoms with van der Waals surface area (Å²) in [7, 11) is -2.37. The number of anilines is 1. The smallest absolute Gasteiger partial charge is 0.265 e. The molecule has 0 radical (unpaired) electrons. The van der Waals surface area contributed by atoms with E-state index >= 15 is 0 Å². The first-order chi connectivity index (χ1) is 11.0. The average Bonchev–Trinajstić information content (AvgIpc) is 2.55. The summed E-state index contributed by atoms with van der Waals surface area (Å²) in [4.78, 5) is 4.29. The highest BCUT2D eigenvalue weighted by Crippen LogP contribution is 2.30. The summed E-state index contributed by atoms with van der Waals surface area (Å²) in [6.07, 6.45) is 1.66. The molecule has 0 fully saturated rings.